The van der Waals surface area contributed by atoms with Crippen LogP contribution < -0.4 is 10.6 Å². The number of amides is 2. The van der Waals surface area contributed by atoms with Crippen molar-refractivity contribution >= 4 is 11.8 Å². The molecule has 29 heavy (non-hydrogen) atoms. The largest absolute Gasteiger partial charge is 0.351 e. The molecule has 0 aromatic heterocycles. The van der Waals surface area contributed by atoms with Crippen molar-refractivity contribution in [3.63, 3.8) is 0 Å². The molecule has 0 aliphatic carbocycles. The maximum atomic E-state index is 11.8. The Hall–Kier alpha value is -3.30. The number of benzene rings is 1. The summed E-state index contributed by atoms with van der Waals surface area (Å²) < 4.78 is 11.8. The molecule has 2 amide bonds. The third kappa shape index (κ3) is 6.37. The summed E-state index contributed by atoms with van der Waals surface area (Å²) in [6.45, 7) is 2.65. The van der Waals surface area contributed by atoms with Crippen LogP contribution >= 0.6 is 0 Å². The van der Waals surface area contributed by atoms with E-state index in [1.54, 1.807) is 0 Å². The minimum absolute atomic E-state index is 0.145. The van der Waals surface area contributed by atoms with Gasteiger partial charge in [0.05, 0.1) is 31.3 Å². The Bertz CT molecular complexity index is 807. The molecule has 12 nitrogen and oxygen atoms in total. The number of carbonyl (C=O) groups excluding carboxylic acids is 2. The van der Waals surface area contributed by atoms with E-state index in [1.165, 1.54) is 13.8 Å². The van der Waals surface area contributed by atoms with E-state index in [0.717, 1.165) is 5.56 Å². The molecule has 0 spiro atoms. The van der Waals surface area contributed by atoms with Crippen molar-refractivity contribution < 1.29 is 19.1 Å². The van der Waals surface area contributed by atoms with Crippen LogP contribution in [0.1, 0.15) is 19.4 Å². The van der Waals surface area contributed by atoms with Gasteiger partial charge in [-0.15, -0.1) is 0 Å². The maximum absolute atomic E-state index is 11.8. The summed E-state index contributed by atoms with van der Waals surface area (Å²) >= 11 is 0. The fourth-order valence-electron chi connectivity index (χ4n) is 3.12. The van der Waals surface area contributed by atoms with Gasteiger partial charge in [-0.05, 0) is 16.6 Å². The predicted molar refractivity (Wildman–Crippen MR) is 102 cm³/mol. The van der Waals surface area contributed by atoms with Crippen molar-refractivity contribution in [2.24, 2.45) is 10.2 Å². The van der Waals surface area contributed by atoms with Crippen LogP contribution in [0.3, 0.4) is 0 Å². The third-order valence-electron chi connectivity index (χ3n) is 4.24. The Labute approximate surface area is 166 Å². The monoisotopic (exact) mass is 402 g/mol. The van der Waals surface area contributed by atoms with Crippen molar-refractivity contribution in [3.05, 3.63) is 56.8 Å². The van der Waals surface area contributed by atoms with E-state index in [0.29, 0.717) is 0 Å². The molecule has 1 aliphatic heterocycles. The standard InChI is InChI=1S/C17H22N8O4/c1-10(26)21-15-14(23-25-19)13(8-20-24-18)29-17(16(15)22-11(2)27)28-9-12-6-4-3-5-7-12/h3-7,13-17H,8-9H2,1-2H3,(H,21,26)(H,22,27)/t13-,14+,15+,16-,17-/m1/s1. The minimum atomic E-state index is -0.986. The van der Waals surface area contributed by atoms with E-state index < -0.39 is 36.4 Å². The van der Waals surface area contributed by atoms with Gasteiger partial charge in [0.25, 0.3) is 0 Å². The number of azide groups is 2. The summed E-state index contributed by atoms with van der Waals surface area (Å²) in [5.74, 6) is -0.773. The van der Waals surface area contributed by atoms with Gasteiger partial charge >= 0.3 is 0 Å². The molecule has 1 aliphatic rings. The first-order valence-corrected chi connectivity index (χ1v) is 8.86. The molecule has 1 fully saturated rings. The number of nitrogens with one attached hydrogen (secondary N) is 2. The van der Waals surface area contributed by atoms with Crippen LogP contribution in [0, 0.1) is 0 Å². The van der Waals surface area contributed by atoms with E-state index >= 15 is 0 Å². The molecule has 12 heteroatoms. The van der Waals surface area contributed by atoms with Crippen molar-refractivity contribution in [2.45, 2.75) is 51.0 Å². The van der Waals surface area contributed by atoms with Crippen LogP contribution in [0.4, 0.5) is 0 Å². The molecule has 0 bridgehead atoms. The fraction of sp³-hybridized carbons (Fsp3) is 0.529. The molecule has 1 saturated heterocycles. The van der Waals surface area contributed by atoms with E-state index in [1.807, 2.05) is 30.3 Å². The molecule has 1 aromatic rings. The summed E-state index contributed by atoms with van der Waals surface area (Å²) in [5, 5.41) is 12.6. The summed E-state index contributed by atoms with van der Waals surface area (Å²) in [4.78, 5) is 29.1. The Kier molecular flexibility index (Phi) is 8.26. The van der Waals surface area contributed by atoms with Gasteiger partial charge in [0, 0.05) is 23.7 Å². The zero-order chi connectivity index (χ0) is 21.2. The average molecular weight is 402 g/mol. The highest BCUT2D eigenvalue weighted by atomic mass is 16.7. The van der Waals surface area contributed by atoms with Gasteiger partial charge in [-0.2, -0.15) is 0 Å². The highest BCUT2D eigenvalue weighted by molar-refractivity contribution is 5.75. The molecule has 1 aromatic carbocycles. The van der Waals surface area contributed by atoms with Crippen molar-refractivity contribution in [1.82, 2.24) is 10.6 Å². The quantitative estimate of drug-likeness (QED) is 0.384. The van der Waals surface area contributed by atoms with Crippen LogP contribution in [-0.2, 0) is 25.7 Å². The number of hydrogen-bond acceptors (Lipinski definition) is 6. The summed E-state index contributed by atoms with van der Waals surface area (Å²) in [7, 11) is 0. The highest BCUT2D eigenvalue weighted by Gasteiger charge is 2.46. The lowest BCUT2D eigenvalue weighted by atomic mass is 9.91. The van der Waals surface area contributed by atoms with E-state index in [-0.39, 0.29) is 19.1 Å². The molecule has 2 N–H and O–H groups in total. The SMILES string of the molecule is CC(=O)N[C@H]1[C@H](OCc2ccccc2)O[C@H](CN=[N+]=[N-])[C@H](N=[N+]=[N-])[C@@H]1NC(C)=O. The van der Waals surface area contributed by atoms with Crippen molar-refractivity contribution in [3.8, 4) is 0 Å². The topological polar surface area (TPSA) is 174 Å². The second-order valence-electron chi connectivity index (χ2n) is 6.40. The molecule has 0 unspecified atom stereocenters. The van der Waals surface area contributed by atoms with Crippen LogP contribution in [0.5, 0.6) is 0 Å². The molecule has 2 rings (SSSR count). The number of nitrogens with zero attached hydrogens (tertiary/aromatic N) is 6. The lowest BCUT2D eigenvalue weighted by Crippen LogP contribution is -2.68. The van der Waals surface area contributed by atoms with Crippen molar-refractivity contribution in [1.29, 1.82) is 0 Å². The number of carbonyl (C=O) groups is 2. The summed E-state index contributed by atoms with van der Waals surface area (Å²) in [6, 6.07) is 6.71. The smallest absolute Gasteiger partial charge is 0.217 e. The Morgan fingerprint density at radius 3 is 2.34 bits per heavy atom. The first kappa shape index (κ1) is 22.0. The minimum Gasteiger partial charge on any atom is -0.351 e. The van der Waals surface area contributed by atoms with Gasteiger partial charge in [-0.1, -0.05) is 40.6 Å². The summed E-state index contributed by atoms with van der Waals surface area (Å²) in [6.07, 6.45) is -1.84. The molecular weight excluding hydrogens is 380 g/mol. The third-order valence-corrected chi connectivity index (χ3v) is 4.24. The van der Waals surface area contributed by atoms with Crippen LogP contribution in [0.25, 0.3) is 20.9 Å². The van der Waals surface area contributed by atoms with Crippen LogP contribution in [0.2, 0.25) is 0 Å². The second-order valence-corrected chi connectivity index (χ2v) is 6.40. The number of rotatable bonds is 8. The van der Waals surface area contributed by atoms with Crippen LogP contribution in [-0.4, -0.2) is 48.9 Å². The van der Waals surface area contributed by atoms with E-state index in [9.17, 15) is 9.59 Å². The second kappa shape index (κ2) is 10.9. The molecule has 0 radical (unpaired) electrons. The lowest BCUT2D eigenvalue weighted by molar-refractivity contribution is -0.222. The molecular formula is C17H22N8O4. The lowest BCUT2D eigenvalue weighted by Gasteiger charge is -2.45. The van der Waals surface area contributed by atoms with E-state index in [2.05, 4.69) is 30.7 Å². The van der Waals surface area contributed by atoms with Gasteiger partial charge < -0.3 is 20.1 Å². The van der Waals surface area contributed by atoms with Gasteiger partial charge in [-0.3, -0.25) is 9.59 Å². The predicted octanol–water partition coefficient (Wildman–Crippen LogP) is 1.93. The fourth-order valence-corrected chi connectivity index (χ4v) is 3.12. The normalized spacial score (nSPS) is 25.8. The summed E-state index contributed by atoms with van der Waals surface area (Å²) in [5.41, 5.74) is 18.5. The maximum Gasteiger partial charge on any atom is 0.217 e. The zero-order valence-corrected chi connectivity index (χ0v) is 16.0. The van der Waals surface area contributed by atoms with E-state index in [4.69, 9.17) is 20.5 Å². The van der Waals surface area contributed by atoms with Crippen molar-refractivity contribution in [2.75, 3.05) is 6.54 Å². The molecule has 1 heterocycles. The van der Waals surface area contributed by atoms with Gasteiger partial charge in [0.2, 0.25) is 11.8 Å². The number of ether oxygens (including phenoxy) is 2. The van der Waals surface area contributed by atoms with Crippen LogP contribution in [0.15, 0.2) is 40.6 Å². The number of hydrogen-bond donors (Lipinski definition) is 2. The average Bonchev–Trinajstić information content (AvgIpc) is 2.69. The zero-order valence-electron chi connectivity index (χ0n) is 16.0. The highest BCUT2D eigenvalue weighted by Crippen LogP contribution is 2.26. The van der Waals surface area contributed by atoms with Gasteiger partial charge in [-0.25, -0.2) is 0 Å². The van der Waals surface area contributed by atoms with Gasteiger partial charge in [0.15, 0.2) is 6.29 Å². The Morgan fingerprint density at radius 1 is 1.10 bits per heavy atom. The molecule has 5 atom stereocenters. The van der Waals surface area contributed by atoms with Gasteiger partial charge in [0.1, 0.15) is 6.04 Å². The Morgan fingerprint density at radius 2 is 1.76 bits per heavy atom. The Balaban J connectivity index is 2.35. The first-order chi connectivity index (χ1) is 14.0. The molecule has 0 saturated carbocycles. The molecule has 154 valence electrons. The first-order valence-electron chi connectivity index (χ1n) is 8.86.